The van der Waals surface area contributed by atoms with Gasteiger partial charge in [-0.1, -0.05) is 6.92 Å². The molecule has 0 aromatic rings. The predicted octanol–water partition coefficient (Wildman–Crippen LogP) is 1.29. The molecule has 0 fully saturated rings. The van der Waals surface area contributed by atoms with Gasteiger partial charge in [0.2, 0.25) is 0 Å². The number of carbonyl (C=O) groups excluding carboxylic acids is 1. The third kappa shape index (κ3) is 3.79. The number of carbonyl (C=O) groups is 1. The van der Waals surface area contributed by atoms with Gasteiger partial charge >= 0.3 is 0 Å². The molecule has 0 aliphatic carbocycles. The zero-order chi connectivity index (χ0) is 5.70. The van der Waals surface area contributed by atoms with Crippen molar-refractivity contribution in [2.45, 2.75) is 18.4 Å². The van der Waals surface area contributed by atoms with Crippen molar-refractivity contribution >= 4 is 22.4 Å². The van der Waals surface area contributed by atoms with Crippen molar-refractivity contribution in [3.8, 4) is 0 Å². The topological polar surface area (TPSA) is 26.3 Å². The predicted molar refractivity (Wildman–Crippen MR) is 30.2 cm³/mol. The van der Waals surface area contributed by atoms with Crippen LogP contribution >= 0.6 is 15.9 Å². The van der Waals surface area contributed by atoms with Crippen LogP contribution in [-0.4, -0.2) is 11.5 Å². The summed E-state index contributed by atoms with van der Waals surface area (Å²) < 4.78 is 4.43. The van der Waals surface area contributed by atoms with E-state index in [1.54, 1.807) is 0 Å². The van der Waals surface area contributed by atoms with Gasteiger partial charge in [-0.2, -0.15) is 0 Å². The SMILES string of the molecule is CCC(Br)OC=O. The van der Waals surface area contributed by atoms with Crippen molar-refractivity contribution in [3.05, 3.63) is 0 Å². The molecule has 0 rings (SSSR count). The lowest BCUT2D eigenvalue weighted by Crippen LogP contribution is -1.98. The lowest BCUT2D eigenvalue weighted by molar-refractivity contribution is -0.129. The molecular weight excluding hydrogens is 160 g/mol. The Morgan fingerprint density at radius 3 is 2.71 bits per heavy atom. The molecule has 3 heteroatoms. The van der Waals surface area contributed by atoms with Gasteiger partial charge in [-0.25, -0.2) is 0 Å². The maximum absolute atomic E-state index is 9.52. The number of ether oxygens (including phenoxy) is 1. The Hall–Kier alpha value is -0.0500. The monoisotopic (exact) mass is 166 g/mol. The smallest absolute Gasteiger partial charge is 0.294 e. The van der Waals surface area contributed by atoms with Crippen LogP contribution in [0.15, 0.2) is 0 Å². The first-order valence-corrected chi connectivity index (χ1v) is 2.96. The normalized spacial score (nSPS) is 12.9. The van der Waals surface area contributed by atoms with Gasteiger partial charge in [0.15, 0.2) is 5.01 Å². The molecule has 0 aromatic carbocycles. The summed E-state index contributed by atoms with van der Waals surface area (Å²) in [5.41, 5.74) is 0. The van der Waals surface area contributed by atoms with Gasteiger partial charge in [-0.3, -0.25) is 4.79 Å². The zero-order valence-corrected chi connectivity index (χ0v) is 5.64. The van der Waals surface area contributed by atoms with E-state index in [0.29, 0.717) is 6.47 Å². The minimum absolute atomic E-state index is 0.106. The molecule has 0 saturated carbocycles. The second kappa shape index (κ2) is 4.12. The summed E-state index contributed by atoms with van der Waals surface area (Å²) in [6, 6.07) is 0. The molecule has 0 spiro atoms. The molecule has 1 atom stereocenters. The molecule has 1 unspecified atom stereocenters. The lowest BCUT2D eigenvalue weighted by Gasteiger charge is -1.99. The van der Waals surface area contributed by atoms with E-state index in [2.05, 4.69) is 20.7 Å². The van der Waals surface area contributed by atoms with Crippen LogP contribution < -0.4 is 0 Å². The first-order chi connectivity index (χ1) is 3.31. The van der Waals surface area contributed by atoms with Gasteiger partial charge in [0.1, 0.15) is 0 Å². The van der Waals surface area contributed by atoms with Crippen molar-refractivity contribution in [1.29, 1.82) is 0 Å². The number of hydrogen-bond acceptors (Lipinski definition) is 2. The Morgan fingerprint density at radius 1 is 2.00 bits per heavy atom. The van der Waals surface area contributed by atoms with E-state index < -0.39 is 0 Å². The van der Waals surface area contributed by atoms with Crippen molar-refractivity contribution in [2.24, 2.45) is 0 Å². The van der Waals surface area contributed by atoms with E-state index in [9.17, 15) is 4.79 Å². The fraction of sp³-hybridized carbons (Fsp3) is 0.750. The molecule has 0 aromatic heterocycles. The fourth-order valence-corrected chi connectivity index (χ4v) is 0.245. The fourth-order valence-electron chi connectivity index (χ4n) is 0.157. The van der Waals surface area contributed by atoms with Crippen molar-refractivity contribution < 1.29 is 9.53 Å². The highest BCUT2D eigenvalue weighted by atomic mass is 79.9. The molecule has 42 valence electrons. The van der Waals surface area contributed by atoms with E-state index in [0.717, 1.165) is 6.42 Å². The number of alkyl halides is 1. The standard InChI is InChI=1S/C4H7BrO2/c1-2-4(5)7-3-6/h3-4H,2H2,1H3. The average molecular weight is 167 g/mol. The van der Waals surface area contributed by atoms with Crippen LogP contribution in [0.5, 0.6) is 0 Å². The highest BCUT2D eigenvalue weighted by Crippen LogP contribution is 2.02. The van der Waals surface area contributed by atoms with Crippen molar-refractivity contribution in [3.63, 3.8) is 0 Å². The minimum Gasteiger partial charge on any atom is -0.453 e. The second-order valence-corrected chi connectivity index (χ2v) is 2.07. The van der Waals surface area contributed by atoms with Crippen LogP contribution in [0.25, 0.3) is 0 Å². The Balaban J connectivity index is 2.98. The van der Waals surface area contributed by atoms with Gasteiger partial charge < -0.3 is 4.74 Å². The largest absolute Gasteiger partial charge is 0.453 e. The summed E-state index contributed by atoms with van der Waals surface area (Å²) in [6.45, 7) is 2.35. The highest BCUT2D eigenvalue weighted by molar-refractivity contribution is 9.09. The summed E-state index contributed by atoms with van der Waals surface area (Å²) in [7, 11) is 0. The van der Waals surface area contributed by atoms with Crippen LogP contribution in [0.3, 0.4) is 0 Å². The summed E-state index contributed by atoms with van der Waals surface area (Å²) in [5, 5.41) is -0.106. The summed E-state index contributed by atoms with van der Waals surface area (Å²) in [5.74, 6) is 0. The van der Waals surface area contributed by atoms with E-state index >= 15 is 0 Å². The lowest BCUT2D eigenvalue weighted by atomic mass is 10.5. The Labute approximate surface area is 51.0 Å². The van der Waals surface area contributed by atoms with Gasteiger partial charge in [0.05, 0.1) is 0 Å². The molecule has 0 bridgehead atoms. The summed E-state index contributed by atoms with van der Waals surface area (Å²) >= 11 is 3.08. The Kier molecular flexibility index (Phi) is 4.09. The molecule has 0 N–H and O–H groups in total. The Morgan fingerprint density at radius 2 is 2.57 bits per heavy atom. The quantitative estimate of drug-likeness (QED) is 0.467. The van der Waals surface area contributed by atoms with E-state index in [-0.39, 0.29) is 5.01 Å². The van der Waals surface area contributed by atoms with Gasteiger partial charge in [0.25, 0.3) is 6.47 Å². The third-order valence-corrected chi connectivity index (χ3v) is 1.39. The molecule has 0 aliphatic heterocycles. The summed E-state index contributed by atoms with van der Waals surface area (Å²) in [4.78, 5) is 9.52. The van der Waals surface area contributed by atoms with E-state index in [4.69, 9.17) is 0 Å². The highest BCUT2D eigenvalue weighted by Gasteiger charge is 1.94. The molecule has 7 heavy (non-hydrogen) atoms. The third-order valence-electron chi connectivity index (χ3n) is 0.524. The molecule has 0 radical (unpaired) electrons. The Bertz CT molecular complexity index is 55.7. The molecule has 0 saturated heterocycles. The minimum atomic E-state index is -0.106. The van der Waals surface area contributed by atoms with Gasteiger partial charge in [-0.05, 0) is 22.4 Å². The van der Waals surface area contributed by atoms with Crippen LogP contribution in [0.4, 0.5) is 0 Å². The molecule has 0 amide bonds. The van der Waals surface area contributed by atoms with Gasteiger partial charge in [-0.15, -0.1) is 0 Å². The number of halogens is 1. The molecule has 0 heterocycles. The average Bonchev–Trinajstić information content (AvgIpc) is 1.68. The van der Waals surface area contributed by atoms with E-state index in [1.165, 1.54) is 0 Å². The maximum atomic E-state index is 9.52. The zero-order valence-electron chi connectivity index (χ0n) is 4.06. The van der Waals surface area contributed by atoms with Gasteiger partial charge in [0, 0.05) is 0 Å². The summed E-state index contributed by atoms with van der Waals surface area (Å²) in [6.07, 6.45) is 0.804. The first-order valence-electron chi connectivity index (χ1n) is 2.04. The van der Waals surface area contributed by atoms with Crippen molar-refractivity contribution in [1.82, 2.24) is 0 Å². The molecule has 2 nitrogen and oxygen atoms in total. The van der Waals surface area contributed by atoms with Crippen LogP contribution in [0.2, 0.25) is 0 Å². The van der Waals surface area contributed by atoms with Crippen LogP contribution in [0.1, 0.15) is 13.3 Å². The molecule has 0 aliphatic rings. The number of hydrogen-bond donors (Lipinski definition) is 0. The maximum Gasteiger partial charge on any atom is 0.294 e. The second-order valence-electron chi connectivity index (χ2n) is 1.05. The van der Waals surface area contributed by atoms with E-state index in [1.807, 2.05) is 6.92 Å². The molecular formula is C4H7BrO2. The van der Waals surface area contributed by atoms with Crippen LogP contribution in [-0.2, 0) is 9.53 Å². The number of rotatable bonds is 3. The first kappa shape index (κ1) is 6.95. The van der Waals surface area contributed by atoms with Crippen LogP contribution in [0, 0.1) is 0 Å². The van der Waals surface area contributed by atoms with Crippen molar-refractivity contribution in [2.75, 3.05) is 0 Å².